The summed E-state index contributed by atoms with van der Waals surface area (Å²) < 4.78 is 0. The maximum Gasteiger partial charge on any atom is 0.159 e. The third-order valence-electron chi connectivity index (χ3n) is 3.96. The fourth-order valence-electron chi connectivity index (χ4n) is 2.71. The lowest BCUT2D eigenvalue weighted by Gasteiger charge is -2.24. The van der Waals surface area contributed by atoms with Gasteiger partial charge in [-0.3, -0.25) is 4.90 Å². The molecule has 104 valence electrons. The first-order valence-corrected chi connectivity index (χ1v) is 7.44. The molecule has 0 amide bonds. The van der Waals surface area contributed by atoms with Gasteiger partial charge in [0.2, 0.25) is 0 Å². The van der Waals surface area contributed by atoms with E-state index in [-0.39, 0.29) is 0 Å². The van der Waals surface area contributed by atoms with Gasteiger partial charge in [-0.1, -0.05) is 35.9 Å². The normalized spacial score (nSPS) is 17.3. The molecule has 0 spiro atoms. The molecule has 1 aliphatic heterocycles. The summed E-state index contributed by atoms with van der Waals surface area (Å²) in [6.07, 6.45) is 5.90. The predicted molar refractivity (Wildman–Crippen MR) is 81.7 cm³/mol. The molecule has 2 heterocycles. The Bertz CT molecular complexity index is 559. The zero-order valence-corrected chi connectivity index (χ0v) is 12.3. The summed E-state index contributed by atoms with van der Waals surface area (Å²) in [6.45, 7) is 4.70. The molecule has 20 heavy (non-hydrogen) atoms. The molecule has 0 radical (unpaired) electrons. The number of aromatic nitrogens is 2. The van der Waals surface area contributed by atoms with E-state index in [9.17, 15) is 0 Å². The Balaban J connectivity index is 1.78. The maximum absolute atomic E-state index is 5.81. The Hall–Kier alpha value is -1.45. The van der Waals surface area contributed by atoms with Crippen LogP contribution in [0.2, 0.25) is 5.02 Å². The lowest BCUT2D eigenvalue weighted by atomic mass is 10.0. The van der Waals surface area contributed by atoms with Crippen molar-refractivity contribution in [1.29, 1.82) is 0 Å². The molecule has 2 aromatic rings. The van der Waals surface area contributed by atoms with Gasteiger partial charge < -0.3 is 0 Å². The molecule has 1 fully saturated rings. The summed E-state index contributed by atoms with van der Waals surface area (Å²) in [5.74, 6) is 0.717. The number of halogens is 1. The van der Waals surface area contributed by atoms with Crippen LogP contribution in [0.15, 0.2) is 36.7 Å². The van der Waals surface area contributed by atoms with Gasteiger partial charge in [-0.05, 0) is 38.4 Å². The topological polar surface area (TPSA) is 29.0 Å². The molecule has 4 heteroatoms. The fraction of sp³-hybridized carbons (Fsp3) is 0.375. The Morgan fingerprint density at radius 3 is 2.25 bits per heavy atom. The number of likely N-dealkylation sites (tertiary alicyclic amines) is 1. The van der Waals surface area contributed by atoms with Crippen molar-refractivity contribution in [1.82, 2.24) is 14.9 Å². The number of benzene rings is 1. The molecule has 0 saturated carbocycles. The van der Waals surface area contributed by atoms with Crippen LogP contribution in [0.4, 0.5) is 0 Å². The molecule has 3 rings (SSSR count). The summed E-state index contributed by atoms with van der Waals surface area (Å²) >= 11 is 5.81. The van der Waals surface area contributed by atoms with Crippen LogP contribution in [0.25, 0.3) is 11.4 Å². The first-order chi connectivity index (χ1) is 9.74. The summed E-state index contributed by atoms with van der Waals surface area (Å²) in [5, 5.41) is 0.563. The Labute approximate surface area is 124 Å². The van der Waals surface area contributed by atoms with Crippen LogP contribution in [-0.2, 0) is 0 Å². The van der Waals surface area contributed by atoms with Crippen molar-refractivity contribution in [3.05, 3.63) is 47.2 Å². The van der Waals surface area contributed by atoms with E-state index in [1.165, 1.54) is 31.5 Å². The molecular weight excluding hydrogens is 270 g/mol. The molecule has 0 N–H and O–H groups in total. The monoisotopic (exact) mass is 287 g/mol. The van der Waals surface area contributed by atoms with Crippen LogP contribution >= 0.6 is 11.6 Å². The highest BCUT2D eigenvalue weighted by molar-refractivity contribution is 6.30. The minimum Gasteiger partial charge on any atom is -0.297 e. The molecule has 1 aliphatic rings. The van der Waals surface area contributed by atoms with Crippen molar-refractivity contribution in [2.45, 2.75) is 25.8 Å². The minimum absolute atomic E-state index is 0.484. The zero-order chi connectivity index (χ0) is 13.9. The number of hydrogen-bond donors (Lipinski definition) is 0. The molecule has 3 nitrogen and oxygen atoms in total. The van der Waals surface area contributed by atoms with Gasteiger partial charge in [0.15, 0.2) is 5.82 Å². The molecule has 0 bridgehead atoms. The van der Waals surface area contributed by atoms with Crippen LogP contribution in [0.1, 0.15) is 31.4 Å². The minimum atomic E-state index is 0.484. The van der Waals surface area contributed by atoms with E-state index < -0.39 is 0 Å². The van der Waals surface area contributed by atoms with Crippen LogP contribution in [0.5, 0.6) is 0 Å². The lowest BCUT2D eigenvalue weighted by Crippen LogP contribution is -2.23. The van der Waals surface area contributed by atoms with E-state index in [1.807, 2.05) is 0 Å². The van der Waals surface area contributed by atoms with Crippen molar-refractivity contribution in [3.63, 3.8) is 0 Å². The molecule has 1 aromatic heterocycles. The van der Waals surface area contributed by atoms with Gasteiger partial charge in [-0.15, -0.1) is 0 Å². The highest BCUT2D eigenvalue weighted by atomic mass is 35.5. The second kappa shape index (κ2) is 5.90. The molecular formula is C16H18ClN3. The Morgan fingerprint density at radius 1 is 1.05 bits per heavy atom. The van der Waals surface area contributed by atoms with E-state index in [2.05, 4.69) is 46.1 Å². The van der Waals surface area contributed by atoms with Gasteiger partial charge in [0.05, 0.1) is 5.02 Å². The highest BCUT2D eigenvalue weighted by Crippen LogP contribution is 2.26. The van der Waals surface area contributed by atoms with Crippen molar-refractivity contribution in [2.75, 3.05) is 13.1 Å². The number of nitrogens with zero attached hydrogens (tertiary/aromatic N) is 3. The van der Waals surface area contributed by atoms with E-state index in [0.29, 0.717) is 11.1 Å². The average molecular weight is 288 g/mol. The number of rotatable bonds is 3. The first kappa shape index (κ1) is 13.5. The molecule has 1 aromatic carbocycles. The molecule has 0 aliphatic carbocycles. The van der Waals surface area contributed by atoms with Gasteiger partial charge in [0, 0.05) is 24.0 Å². The smallest absolute Gasteiger partial charge is 0.159 e. The Kier molecular flexibility index (Phi) is 3.99. The lowest BCUT2D eigenvalue weighted by molar-refractivity contribution is 0.263. The van der Waals surface area contributed by atoms with Crippen molar-refractivity contribution < 1.29 is 0 Å². The fourth-order valence-corrected chi connectivity index (χ4v) is 2.81. The zero-order valence-electron chi connectivity index (χ0n) is 11.6. The van der Waals surface area contributed by atoms with Gasteiger partial charge >= 0.3 is 0 Å². The number of hydrogen-bond acceptors (Lipinski definition) is 3. The van der Waals surface area contributed by atoms with Crippen molar-refractivity contribution >= 4 is 11.6 Å². The largest absolute Gasteiger partial charge is 0.297 e. The van der Waals surface area contributed by atoms with Gasteiger partial charge in [0.1, 0.15) is 0 Å². The summed E-state index contributed by atoms with van der Waals surface area (Å²) in [7, 11) is 0. The summed E-state index contributed by atoms with van der Waals surface area (Å²) in [5.41, 5.74) is 2.38. The quantitative estimate of drug-likeness (QED) is 0.856. The van der Waals surface area contributed by atoms with Crippen LogP contribution in [-0.4, -0.2) is 28.0 Å². The SMILES string of the molecule is C[C@@H](c1ccc(-c2ncc(Cl)cn2)cc1)N1CCCC1. The van der Waals surface area contributed by atoms with Gasteiger partial charge in [-0.25, -0.2) is 9.97 Å². The summed E-state index contributed by atoms with van der Waals surface area (Å²) in [6, 6.07) is 9.01. The first-order valence-electron chi connectivity index (χ1n) is 7.06. The van der Waals surface area contributed by atoms with Crippen LogP contribution in [0.3, 0.4) is 0 Å². The second-order valence-electron chi connectivity index (χ2n) is 5.27. The van der Waals surface area contributed by atoms with E-state index >= 15 is 0 Å². The third kappa shape index (κ3) is 2.84. The molecule has 1 atom stereocenters. The second-order valence-corrected chi connectivity index (χ2v) is 5.70. The van der Waals surface area contributed by atoms with Crippen molar-refractivity contribution in [2.24, 2.45) is 0 Å². The van der Waals surface area contributed by atoms with Gasteiger partial charge in [-0.2, -0.15) is 0 Å². The van der Waals surface area contributed by atoms with E-state index in [0.717, 1.165) is 11.4 Å². The highest BCUT2D eigenvalue weighted by Gasteiger charge is 2.19. The van der Waals surface area contributed by atoms with Crippen molar-refractivity contribution in [3.8, 4) is 11.4 Å². The van der Waals surface area contributed by atoms with Gasteiger partial charge in [0.25, 0.3) is 0 Å². The summed E-state index contributed by atoms with van der Waals surface area (Å²) in [4.78, 5) is 11.0. The predicted octanol–water partition coefficient (Wildman–Crippen LogP) is 3.95. The standard InChI is InChI=1S/C16H18ClN3/c1-12(20-8-2-3-9-20)13-4-6-14(7-5-13)16-18-10-15(17)11-19-16/h4-7,10-12H,2-3,8-9H2,1H3/t12-/m0/s1. The van der Waals surface area contributed by atoms with E-state index in [1.54, 1.807) is 12.4 Å². The third-order valence-corrected chi connectivity index (χ3v) is 4.16. The average Bonchev–Trinajstić information content (AvgIpc) is 3.02. The Morgan fingerprint density at radius 2 is 1.65 bits per heavy atom. The van der Waals surface area contributed by atoms with Crippen LogP contribution < -0.4 is 0 Å². The van der Waals surface area contributed by atoms with Crippen LogP contribution in [0, 0.1) is 0 Å². The van der Waals surface area contributed by atoms with E-state index in [4.69, 9.17) is 11.6 Å². The molecule has 0 unspecified atom stereocenters. The molecule has 1 saturated heterocycles. The maximum atomic E-state index is 5.81.